The third-order valence-electron chi connectivity index (χ3n) is 5.06. The molecule has 6 heteroatoms. The van der Waals surface area contributed by atoms with Crippen LogP contribution in [0.3, 0.4) is 0 Å². The minimum Gasteiger partial charge on any atom is -0.454 e. The predicted molar refractivity (Wildman–Crippen MR) is 91.7 cm³/mol. The van der Waals surface area contributed by atoms with E-state index >= 15 is 0 Å². The number of aryl methyl sites for hydroxylation is 1. The third-order valence-corrected chi connectivity index (χ3v) is 6.04. The van der Waals surface area contributed by atoms with Gasteiger partial charge in [0.1, 0.15) is 0 Å². The van der Waals surface area contributed by atoms with Gasteiger partial charge in [0, 0.05) is 34.6 Å². The van der Waals surface area contributed by atoms with Gasteiger partial charge in [-0.15, -0.1) is 11.3 Å². The Hall–Kier alpha value is -2.05. The molecule has 1 aromatic carbocycles. The molecule has 2 fully saturated rings. The van der Waals surface area contributed by atoms with Gasteiger partial charge in [-0.2, -0.15) is 0 Å². The van der Waals surface area contributed by atoms with Crippen LogP contribution in [0.15, 0.2) is 30.3 Å². The SMILES string of the molecule is Cc1ccc(CN2C[C@@H]3C[C@H]2C(=O)N3c2ccc3c(c2)OCO3)s1. The highest BCUT2D eigenvalue weighted by molar-refractivity contribution is 7.11. The van der Waals surface area contributed by atoms with E-state index in [9.17, 15) is 4.79 Å². The average Bonchev–Trinajstić information content (AvgIpc) is 3.31. The molecule has 0 unspecified atom stereocenters. The third kappa shape index (κ3) is 2.13. The largest absolute Gasteiger partial charge is 0.454 e. The number of likely N-dealkylation sites (tertiary alicyclic amines) is 1. The van der Waals surface area contributed by atoms with Crippen molar-refractivity contribution in [2.75, 3.05) is 18.2 Å². The van der Waals surface area contributed by atoms with Crippen LogP contribution in [0, 0.1) is 6.92 Å². The van der Waals surface area contributed by atoms with Gasteiger partial charge >= 0.3 is 0 Å². The van der Waals surface area contributed by atoms with Crippen molar-refractivity contribution in [2.24, 2.45) is 0 Å². The highest BCUT2D eigenvalue weighted by Crippen LogP contribution is 2.41. The smallest absolute Gasteiger partial charge is 0.244 e. The molecule has 3 aliphatic rings. The molecule has 2 bridgehead atoms. The Bertz CT molecular complexity index is 818. The molecule has 2 atom stereocenters. The summed E-state index contributed by atoms with van der Waals surface area (Å²) in [5, 5.41) is 0. The van der Waals surface area contributed by atoms with Crippen LogP contribution in [0.25, 0.3) is 0 Å². The second-order valence-corrected chi connectivity index (χ2v) is 7.97. The van der Waals surface area contributed by atoms with Gasteiger partial charge in [0.25, 0.3) is 0 Å². The molecule has 2 aromatic rings. The number of amides is 1. The van der Waals surface area contributed by atoms with Crippen LogP contribution in [-0.2, 0) is 11.3 Å². The molecular weight excluding hydrogens is 324 g/mol. The summed E-state index contributed by atoms with van der Waals surface area (Å²) in [6.07, 6.45) is 0.914. The van der Waals surface area contributed by atoms with Gasteiger partial charge in [0.2, 0.25) is 12.7 Å². The van der Waals surface area contributed by atoms with Crippen molar-refractivity contribution in [2.45, 2.75) is 32.0 Å². The number of fused-ring (bicyclic) bond motifs is 3. The topological polar surface area (TPSA) is 42.0 Å². The van der Waals surface area contributed by atoms with E-state index in [1.54, 1.807) is 0 Å². The average molecular weight is 342 g/mol. The van der Waals surface area contributed by atoms with E-state index < -0.39 is 0 Å². The standard InChI is InChI=1S/C18H18N2O3S/c1-11-2-4-14(24-11)9-19-8-13-6-15(19)18(21)20(13)12-3-5-16-17(7-12)23-10-22-16/h2-5,7,13,15H,6,8-10H2,1H3/t13-,15-/m0/s1. The quantitative estimate of drug-likeness (QED) is 0.860. The van der Waals surface area contributed by atoms with Crippen LogP contribution in [0.2, 0.25) is 0 Å². The van der Waals surface area contributed by atoms with E-state index in [0.29, 0.717) is 0 Å². The Kier molecular flexibility index (Phi) is 3.11. The highest BCUT2D eigenvalue weighted by Gasteiger charge is 2.50. The first-order chi connectivity index (χ1) is 11.7. The number of hydrogen-bond donors (Lipinski definition) is 0. The van der Waals surface area contributed by atoms with Crippen molar-refractivity contribution in [3.05, 3.63) is 40.1 Å². The van der Waals surface area contributed by atoms with E-state index in [-0.39, 0.29) is 24.8 Å². The molecule has 24 heavy (non-hydrogen) atoms. The fourth-order valence-corrected chi connectivity index (χ4v) is 4.90. The summed E-state index contributed by atoms with van der Waals surface area (Å²) >= 11 is 1.82. The van der Waals surface area contributed by atoms with Crippen molar-refractivity contribution in [3.63, 3.8) is 0 Å². The molecule has 0 saturated carbocycles. The van der Waals surface area contributed by atoms with Crippen molar-refractivity contribution in [1.29, 1.82) is 0 Å². The summed E-state index contributed by atoms with van der Waals surface area (Å²) < 4.78 is 10.8. The van der Waals surface area contributed by atoms with Crippen molar-refractivity contribution in [1.82, 2.24) is 4.90 Å². The predicted octanol–water partition coefficient (Wildman–Crippen LogP) is 2.77. The first-order valence-electron chi connectivity index (χ1n) is 8.21. The lowest BCUT2D eigenvalue weighted by atomic mass is 10.2. The molecule has 5 nitrogen and oxygen atoms in total. The zero-order valence-corrected chi connectivity index (χ0v) is 14.2. The second-order valence-electron chi connectivity index (χ2n) is 6.59. The minimum atomic E-state index is 0.00262. The first kappa shape index (κ1) is 14.3. The molecule has 0 radical (unpaired) electrons. The summed E-state index contributed by atoms with van der Waals surface area (Å²) in [6, 6.07) is 10.4. The van der Waals surface area contributed by atoms with Gasteiger partial charge < -0.3 is 14.4 Å². The molecule has 0 aliphatic carbocycles. The Labute approximate surface area is 144 Å². The van der Waals surface area contributed by atoms with Crippen molar-refractivity contribution < 1.29 is 14.3 Å². The van der Waals surface area contributed by atoms with E-state index in [1.165, 1.54) is 9.75 Å². The highest BCUT2D eigenvalue weighted by atomic mass is 32.1. The normalized spacial score (nSPS) is 25.0. The summed E-state index contributed by atoms with van der Waals surface area (Å²) in [4.78, 5) is 19.8. The zero-order valence-electron chi connectivity index (χ0n) is 13.4. The first-order valence-corrected chi connectivity index (χ1v) is 9.03. The maximum Gasteiger partial charge on any atom is 0.244 e. The van der Waals surface area contributed by atoms with E-state index in [4.69, 9.17) is 9.47 Å². The lowest BCUT2D eigenvalue weighted by molar-refractivity contribution is -0.122. The molecule has 3 aliphatic heterocycles. The van der Waals surface area contributed by atoms with Crippen LogP contribution < -0.4 is 14.4 Å². The number of thiophene rings is 1. The van der Waals surface area contributed by atoms with Gasteiger partial charge in [0.15, 0.2) is 11.5 Å². The van der Waals surface area contributed by atoms with Crippen LogP contribution >= 0.6 is 11.3 Å². The van der Waals surface area contributed by atoms with Gasteiger partial charge in [-0.1, -0.05) is 0 Å². The van der Waals surface area contributed by atoms with Gasteiger partial charge in [-0.05, 0) is 37.6 Å². The molecule has 0 spiro atoms. The Morgan fingerprint density at radius 2 is 2.08 bits per heavy atom. The maximum atomic E-state index is 12.9. The number of piperazine rings is 1. The number of carbonyl (C=O) groups is 1. The van der Waals surface area contributed by atoms with Gasteiger partial charge in [0.05, 0.1) is 12.1 Å². The summed E-state index contributed by atoms with van der Waals surface area (Å²) in [6.45, 7) is 4.19. The van der Waals surface area contributed by atoms with Crippen LogP contribution in [0.5, 0.6) is 11.5 Å². The molecular formula is C18H18N2O3S. The number of rotatable bonds is 3. The molecule has 4 heterocycles. The van der Waals surface area contributed by atoms with E-state index in [0.717, 1.165) is 36.7 Å². The lowest BCUT2D eigenvalue weighted by Crippen LogP contribution is -2.50. The number of hydrogen-bond acceptors (Lipinski definition) is 5. The number of anilines is 1. The number of nitrogens with zero attached hydrogens (tertiary/aromatic N) is 2. The molecule has 124 valence electrons. The summed E-state index contributed by atoms with van der Waals surface area (Å²) in [5.41, 5.74) is 0.920. The minimum absolute atomic E-state index is 0.00262. The number of carbonyl (C=O) groups excluding carboxylic acids is 1. The fourth-order valence-electron chi connectivity index (χ4n) is 3.98. The Morgan fingerprint density at radius 3 is 2.88 bits per heavy atom. The summed E-state index contributed by atoms with van der Waals surface area (Å²) in [7, 11) is 0. The monoisotopic (exact) mass is 342 g/mol. The molecule has 1 aromatic heterocycles. The van der Waals surface area contributed by atoms with Crippen LogP contribution in [0.1, 0.15) is 16.2 Å². The number of benzene rings is 1. The molecule has 2 saturated heterocycles. The molecule has 5 rings (SSSR count). The fraction of sp³-hybridized carbons (Fsp3) is 0.389. The van der Waals surface area contributed by atoms with E-state index in [2.05, 4.69) is 24.0 Å². The van der Waals surface area contributed by atoms with Crippen molar-refractivity contribution >= 4 is 22.9 Å². The van der Waals surface area contributed by atoms with Gasteiger partial charge in [-0.3, -0.25) is 9.69 Å². The Morgan fingerprint density at radius 1 is 1.21 bits per heavy atom. The van der Waals surface area contributed by atoms with Crippen molar-refractivity contribution in [3.8, 4) is 11.5 Å². The summed E-state index contributed by atoms with van der Waals surface area (Å²) in [5.74, 6) is 1.69. The van der Waals surface area contributed by atoms with Gasteiger partial charge in [-0.25, -0.2) is 0 Å². The number of ether oxygens (including phenoxy) is 2. The van der Waals surface area contributed by atoms with Crippen LogP contribution in [0.4, 0.5) is 5.69 Å². The Balaban J connectivity index is 1.36. The lowest BCUT2D eigenvalue weighted by Gasteiger charge is -2.33. The van der Waals surface area contributed by atoms with E-state index in [1.807, 2.05) is 34.4 Å². The molecule has 1 amide bonds. The second kappa shape index (κ2) is 5.22. The maximum absolute atomic E-state index is 12.9. The molecule has 0 N–H and O–H groups in total. The zero-order chi connectivity index (χ0) is 16.3. The van der Waals surface area contributed by atoms with Crippen LogP contribution in [-0.4, -0.2) is 36.2 Å².